The van der Waals surface area contributed by atoms with Gasteiger partial charge in [-0.1, -0.05) is 37.3 Å². The van der Waals surface area contributed by atoms with E-state index in [2.05, 4.69) is 20.0 Å². The number of carbonyl (C=O) groups excluding carboxylic acids is 1. The number of rotatable bonds is 8. The van der Waals surface area contributed by atoms with Crippen LogP contribution in [0.2, 0.25) is 0 Å². The first-order valence-corrected chi connectivity index (χ1v) is 12.6. The van der Waals surface area contributed by atoms with Crippen molar-refractivity contribution in [2.24, 2.45) is 0 Å². The summed E-state index contributed by atoms with van der Waals surface area (Å²) in [6.07, 6.45) is 11.6. The topological polar surface area (TPSA) is 99.2 Å². The Labute approximate surface area is 202 Å². The normalized spacial score (nSPS) is 17.2. The maximum Gasteiger partial charge on any atom is 0.234 e. The predicted molar refractivity (Wildman–Crippen MR) is 129 cm³/mol. The highest BCUT2D eigenvalue weighted by Gasteiger charge is 2.23. The van der Waals surface area contributed by atoms with Crippen molar-refractivity contribution in [1.29, 1.82) is 0 Å². The largest absolute Gasteiger partial charge is 0.480 e. The number of nitrogens with zero attached hydrogens (tertiary/aromatic N) is 3. The summed E-state index contributed by atoms with van der Waals surface area (Å²) in [7, 11) is 0. The lowest BCUT2D eigenvalue weighted by atomic mass is 9.95. The molecule has 1 aromatic carbocycles. The van der Waals surface area contributed by atoms with E-state index in [1.807, 2.05) is 0 Å². The van der Waals surface area contributed by atoms with Crippen molar-refractivity contribution in [2.75, 3.05) is 5.32 Å². The molecule has 2 heterocycles. The maximum atomic E-state index is 15.1. The minimum Gasteiger partial charge on any atom is -0.480 e. The van der Waals surface area contributed by atoms with Gasteiger partial charge in [0.2, 0.25) is 17.1 Å². The van der Waals surface area contributed by atoms with E-state index < -0.39 is 5.82 Å². The first-order chi connectivity index (χ1) is 17.0. The van der Waals surface area contributed by atoms with E-state index in [1.54, 1.807) is 12.3 Å². The van der Waals surface area contributed by atoms with Gasteiger partial charge in [-0.15, -0.1) is 0 Å². The highest BCUT2D eigenvalue weighted by molar-refractivity contribution is 5.84. The molecule has 8 nitrogen and oxygen atoms in total. The molecule has 0 saturated heterocycles. The number of nitrogens with one attached hydrogen (secondary N) is 1. The molecule has 0 bridgehead atoms. The van der Waals surface area contributed by atoms with Gasteiger partial charge in [0.15, 0.2) is 12.4 Å². The SMILES string of the molecule is CC(=O)Cc1nc(COc2cn(C3CCCC3)c3cc(NC4CCCCC4)c(F)cc3c2=O)no1. The molecule has 2 aliphatic rings. The summed E-state index contributed by atoms with van der Waals surface area (Å²) in [6.45, 7) is 1.35. The van der Waals surface area contributed by atoms with Gasteiger partial charge >= 0.3 is 0 Å². The molecule has 9 heteroatoms. The van der Waals surface area contributed by atoms with Crippen molar-refractivity contribution in [3.8, 4) is 5.75 Å². The second-order valence-electron chi connectivity index (χ2n) is 9.77. The summed E-state index contributed by atoms with van der Waals surface area (Å²) in [6, 6.07) is 3.60. The van der Waals surface area contributed by atoms with E-state index in [0.717, 1.165) is 56.9 Å². The molecule has 0 unspecified atom stereocenters. The van der Waals surface area contributed by atoms with E-state index in [4.69, 9.17) is 9.26 Å². The summed E-state index contributed by atoms with van der Waals surface area (Å²) >= 11 is 0. The number of fused-ring (bicyclic) bond motifs is 1. The Balaban J connectivity index is 1.47. The predicted octanol–water partition coefficient (Wildman–Crippen LogP) is 5.09. The Morgan fingerprint density at radius 2 is 1.91 bits per heavy atom. The van der Waals surface area contributed by atoms with Crippen LogP contribution in [0.3, 0.4) is 0 Å². The molecule has 0 radical (unpaired) electrons. The zero-order valence-electron chi connectivity index (χ0n) is 20.0. The number of Topliss-reactive ketones (excluding diaryl/α,β-unsaturated/α-hetero) is 1. The number of aromatic nitrogens is 3. The molecule has 186 valence electrons. The zero-order valence-corrected chi connectivity index (χ0v) is 20.0. The van der Waals surface area contributed by atoms with Crippen molar-refractivity contribution in [3.63, 3.8) is 0 Å². The van der Waals surface area contributed by atoms with Crippen LogP contribution in [-0.2, 0) is 17.8 Å². The third kappa shape index (κ3) is 5.23. The Hall–Kier alpha value is -3.23. The second kappa shape index (κ2) is 10.2. The molecular weight excluding hydrogens is 451 g/mol. The molecular formula is C26H31FN4O4. The van der Waals surface area contributed by atoms with Crippen LogP contribution in [-0.4, -0.2) is 26.5 Å². The fourth-order valence-corrected chi connectivity index (χ4v) is 5.29. The van der Waals surface area contributed by atoms with Crippen LogP contribution in [0.4, 0.5) is 10.1 Å². The minimum absolute atomic E-state index is 0.0496. The van der Waals surface area contributed by atoms with E-state index in [1.165, 1.54) is 19.4 Å². The molecule has 3 aromatic rings. The molecule has 1 N–H and O–H groups in total. The summed E-state index contributed by atoms with van der Waals surface area (Å²) < 4.78 is 28.1. The summed E-state index contributed by atoms with van der Waals surface area (Å²) in [5.74, 6) is 0.0518. The number of hydrogen-bond donors (Lipinski definition) is 1. The van der Waals surface area contributed by atoms with Gasteiger partial charge in [0, 0.05) is 12.1 Å². The van der Waals surface area contributed by atoms with Crippen LogP contribution >= 0.6 is 0 Å². The Kier molecular flexibility index (Phi) is 6.83. The molecule has 0 aliphatic heterocycles. The number of ether oxygens (including phenoxy) is 1. The number of carbonyl (C=O) groups is 1. The van der Waals surface area contributed by atoms with Gasteiger partial charge in [-0.05, 0) is 44.7 Å². The molecule has 0 amide bonds. The first-order valence-electron chi connectivity index (χ1n) is 12.6. The first kappa shape index (κ1) is 23.5. The van der Waals surface area contributed by atoms with Gasteiger partial charge in [0.1, 0.15) is 11.6 Å². The van der Waals surface area contributed by atoms with Crippen LogP contribution in [0.1, 0.15) is 82.5 Å². The highest BCUT2D eigenvalue weighted by Crippen LogP contribution is 2.34. The van der Waals surface area contributed by atoms with Crippen molar-refractivity contribution in [3.05, 3.63) is 46.1 Å². The molecule has 2 saturated carbocycles. The van der Waals surface area contributed by atoms with Crippen molar-refractivity contribution < 1.29 is 18.4 Å². The van der Waals surface area contributed by atoms with Gasteiger partial charge in [0.05, 0.1) is 29.2 Å². The molecule has 2 fully saturated rings. The monoisotopic (exact) mass is 482 g/mol. The number of hydrogen-bond acceptors (Lipinski definition) is 7. The lowest BCUT2D eigenvalue weighted by molar-refractivity contribution is -0.116. The fourth-order valence-electron chi connectivity index (χ4n) is 5.29. The Morgan fingerprint density at radius 3 is 2.66 bits per heavy atom. The lowest BCUT2D eigenvalue weighted by Gasteiger charge is -2.25. The number of pyridine rings is 1. The Morgan fingerprint density at radius 1 is 1.17 bits per heavy atom. The minimum atomic E-state index is -0.428. The number of anilines is 1. The van der Waals surface area contributed by atoms with Gasteiger partial charge in [-0.3, -0.25) is 9.59 Å². The van der Waals surface area contributed by atoms with E-state index >= 15 is 4.39 Å². The number of benzene rings is 1. The maximum absolute atomic E-state index is 15.1. The molecule has 35 heavy (non-hydrogen) atoms. The molecule has 2 aliphatic carbocycles. The van der Waals surface area contributed by atoms with Crippen LogP contribution in [0.25, 0.3) is 10.9 Å². The summed E-state index contributed by atoms with van der Waals surface area (Å²) in [5.41, 5.74) is 0.802. The van der Waals surface area contributed by atoms with Crippen molar-refractivity contribution in [2.45, 2.75) is 89.8 Å². The van der Waals surface area contributed by atoms with Gasteiger partial charge in [0.25, 0.3) is 0 Å². The van der Waals surface area contributed by atoms with E-state index in [9.17, 15) is 9.59 Å². The van der Waals surface area contributed by atoms with Crippen LogP contribution in [0.15, 0.2) is 27.6 Å². The lowest BCUT2D eigenvalue weighted by Crippen LogP contribution is -2.23. The number of halogens is 1. The van der Waals surface area contributed by atoms with Gasteiger partial charge in [-0.25, -0.2) is 4.39 Å². The third-order valence-corrected chi connectivity index (χ3v) is 7.04. The van der Waals surface area contributed by atoms with E-state index in [-0.39, 0.29) is 53.8 Å². The van der Waals surface area contributed by atoms with E-state index in [0.29, 0.717) is 11.1 Å². The highest BCUT2D eigenvalue weighted by atomic mass is 19.1. The molecule has 0 spiro atoms. The zero-order chi connectivity index (χ0) is 24.4. The molecule has 0 atom stereocenters. The average molecular weight is 483 g/mol. The quantitative estimate of drug-likeness (QED) is 0.477. The smallest absolute Gasteiger partial charge is 0.234 e. The summed E-state index contributed by atoms with van der Waals surface area (Å²) in [4.78, 5) is 28.7. The third-order valence-electron chi connectivity index (χ3n) is 7.04. The standard InChI is InChI=1S/C26H31FN4O4/c1-16(32)11-25-29-24(30-35-25)15-34-23-14-31(18-9-5-6-10-18)22-13-21(20(27)12-19(22)26(23)33)28-17-7-3-2-4-8-17/h12-14,17-18,28H,2-11,15H2,1H3. The van der Waals surface area contributed by atoms with Crippen LogP contribution in [0.5, 0.6) is 5.75 Å². The summed E-state index contributed by atoms with van der Waals surface area (Å²) in [5, 5.41) is 7.50. The average Bonchev–Trinajstić information content (AvgIpc) is 3.53. The van der Waals surface area contributed by atoms with Crippen molar-refractivity contribution in [1.82, 2.24) is 14.7 Å². The van der Waals surface area contributed by atoms with Crippen molar-refractivity contribution >= 4 is 22.4 Å². The van der Waals surface area contributed by atoms with Gasteiger partial charge < -0.3 is 19.1 Å². The van der Waals surface area contributed by atoms with Gasteiger partial charge in [-0.2, -0.15) is 4.98 Å². The fraction of sp³-hybridized carbons (Fsp3) is 0.538. The molecule has 2 aromatic heterocycles. The van der Waals surface area contributed by atoms with Crippen LogP contribution in [0, 0.1) is 5.82 Å². The molecule has 5 rings (SSSR count). The second-order valence-corrected chi connectivity index (χ2v) is 9.77. The Bertz CT molecular complexity index is 1270. The number of ketones is 1. The van der Waals surface area contributed by atoms with Crippen LogP contribution < -0.4 is 15.5 Å².